The number of carbonyl (C=O) groups is 1. The predicted molar refractivity (Wildman–Crippen MR) is 113 cm³/mol. The molecule has 0 aliphatic carbocycles. The Kier molecular flexibility index (Phi) is 8.30. The Morgan fingerprint density at radius 2 is 1.73 bits per heavy atom. The Labute approximate surface area is 176 Å². The standard InChI is InChI=1S/C22H28F2NO4P/c1-5-29-30(4,27)22(23,24)19-13-9-12-18(14-19)15-20(25(2)3)21(26)28-16-17-10-7-6-8-11-17/h6-14,20H,5,15-16H2,1-4H3/t20-,30?/m0/s1. The number of nitrogens with zero attached hydrogens (tertiary/aromatic N) is 1. The van der Waals surface area contributed by atoms with Crippen LogP contribution in [-0.2, 0) is 37.3 Å². The first kappa shape index (κ1) is 24.2. The number of hydrogen-bond donors (Lipinski definition) is 0. The maximum atomic E-state index is 14.8. The van der Waals surface area contributed by atoms with E-state index >= 15 is 0 Å². The van der Waals surface area contributed by atoms with Crippen molar-refractivity contribution in [2.24, 2.45) is 0 Å². The summed E-state index contributed by atoms with van der Waals surface area (Å²) in [4.78, 5) is 14.3. The molecule has 30 heavy (non-hydrogen) atoms. The molecular formula is C22H28F2NO4P. The molecule has 0 N–H and O–H groups in total. The fraction of sp³-hybridized carbons (Fsp3) is 0.409. The van der Waals surface area contributed by atoms with Crippen molar-refractivity contribution < 1.29 is 27.4 Å². The SMILES string of the molecule is CCOP(C)(=O)C(F)(F)c1cccc(C[C@@H](C(=O)OCc2ccccc2)N(C)C)c1. The first-order valence-electron chi connectivity index (χ1n) is 9.65. The summed E-state index contributed by atoms with van der Waals surface area (Å²) in [5.74, 6) is -0.448. The summed E-state index contributed by atoms with van der Waals surface area (Å²) in [5.41, 5.74) is -2.64. The molecule has 0 fully saturated rings. The third kappa shape index (κ3) is 5.97. The van der Waals surface area contributed by atoms with Crippen molar-refractivity contribution in [3.63, 3.8) is 0 Å². The quantitative estimate of drug-likeness (QED) is 0.390. The third-order valence-corrected chi connectivity index (χ3v) is 6.74. The van der Waals surface area contributed by atoms with Gasteiger partial charge in [0.1, 0.15) is 12.6 Å². The highest BCUT2D eigenvalue weighted by Crippen LogP contribution is 2.63. The van der Waals surface area contributed by atoms with E-state index in [9.17, 15) is 18.1 Å². The van der Waals surface area contributed by atoms with Gasteiger partial charge in [0.15, 0.2) is 0 Å². The van der Waals surface area contributed by atoms with Gasteiger partial charge in [0.2, 0.25) is 0 Å². The van der Waals surface area contributed by atoms with Crippen molar-refractivity contribution in [2.75, 3.05) is 27.4 Å². The van der Waals surface area contributed by atoms with Crippen LogP contribution in [0.2, 0.25) is 0 Å². The normalized spacial score (nSPS) is 14.9. The maximum absolute atomic E-state index is 14.8. The number of carbonyl (C=O) groups excluding carboxylic acids is 1. The van der Waals surface area contributed by atoms with Crippen molar-refractivity contribution >= 4 is 13.3 Å². The van der Waals surface area contributed by atoms with E-state index < -0.39 is 30.6 Å². The zero-order chi connectivity index (χ0) is 22.4. The molecule has 0 aliphatic rings. The molecule has 2 aromatic carbocycles. The zero-order valence-corrected chi connectivity index (χ0v) is 18.6. The zero-order valence-electron chi connectivity index (χ0n) is 17.7. The second kappa shape index (κ2) is 10.3. The lowest BCUT2D eigenvalue weighted by molar-refractivity contribution is -0.150. The highest BCUT2D eigenvalue weighted by atomic mass is 31.2. The van der Waals surface area contributed by atoms with E-state index in [0.717, 1.165) is 12.2 Å². The Morgan fingerprint density at radius 3 is 2.33 bits per heavy atom. The fourth-order valence-corrected chi connectivity index (χ4v) is 4.24. The minimum atomic E-state index is -4.19. The second-order valence-electron chi connectivity index (χ2n) is 7.28. The summed E-state index contributed by atoms with van der Waals surface area (Å²) < 4.78 is 52.2. The average molecular weight is 439 g/mol. The highest BCUT2D eigenvalue weighted by Gasteiger charge is 2.49. The van der Waals surface area contributed by atoms with E-state index in [2.05, 4.69) is 0 Å². The van der Waals surface area contributed by atoms with Crippen LogP contribution in [0.5, 0.6) is 0 Å². The summed E-state index contributed by atoms with van der Waals surface area (Å²) in [5, 5.41) is 0. The first-order chi connectivity index (χ1) is 14.1. The van der Waals surface area contributed by atoms with Crippen LogP contribution in [0, 0.1) is 0 Å². The van der Waals surface area contributed by atoms with Gasteiger partial charge in [-0.2, -0.15) is 8.78 Å². The minimum absolute atomic E-state index is 0.0704. The molecule has 0 amide bonds. The monoisotopic (exact) mass is 439 g/mol. The van der Waals surface area contributed by atoms with Gasteiger partial charge < -0.3 is 9.26 Å². The van der Waals surface area contributed by atoms with Gasteiger partial charge in [0.25, 0.3) is 7.37 Å². The summed E-state index contributed by atoms with van der Waals surface area (Å²) in [6.45, 7) is 2.52. The molecule has 164 valence electrons. The topological polar surface area (TPSA) is 55.8 Å². The fourth-order valence-electron chi connectivity index (χ4n) is 2.97. The minimum Gasteiger partial charge on any atom is -0.460 e. The molecule has 0 bridgehead atoms. The molecule has 0 spiro atoms. The number of hydrogen-bond acceptors (Lipinski definition) is 5. The molecular weight excluding hydrogens is 411 g/mol. The number of benzene rings is 2. The lowest BCUT2D eigenvalue weighted by Crippen LogP contribution is -2.39. The van der Waals surface area contributed by atoms with E-state index in [1.165, 1.54) is 25.1 Å². The Balaban J connectivity index is 2.17. The summed E-state index contributed by atoms with van der Waals surface area (Å²) in [7, 11) is -0.741. The van der Waals surface area contributed by atoms with E-state index in [0.29, 0.717) is 5.56 Å². The second-order valence-corrected chi connectivity index (χ2v) is 9.79. The van der Waals surface area contributed by atoms with Crippen LogP contribution < -0.4 is 0 Å². The van der Waals surface area contributed by atoms with Crippen molar-refractivity contribution in [1.29, 1.82) is 0 Å². The highest BCUT2D eigenvalue weighted by molar-refractivity contribution is 7.59. The Bertz CT molecular complexity index is 890. The van der Waals surface area contributed by atoms with Crippen LogP contribution in [0.4, 0.5) is 8.78 Å². The Morgan fingerprint density at radius 1 is 1.10 bits per heavy atom. The molecule has 8 heteroatoms. The molecule has 5 nitrogen and oxygen atoms in total. The number of halogens is 2. The van der Waals surface area contributed by atoms with Gasteiger partial charge in [-0.1, -0.05) is 48.5 Å². The smallest absolute Gasteiger partial charge is 0.346 e. The molecule has 0 aromatic heterocycles. The van der Waals surface area contributed by atoms with E-state index in [1.807, 2.05) is 30.3 Å². The molecule has 2 aromatic rings. The van der Waals surface area contributed by atoms with Crippen LogP contribution in [0.3, 0.4) is 0 Å². The molecule has 0 radical (unpaired) electrons. The van der Waals surface area contributed by atoms with Gasteiger partial charge in [0.05, 0.1) is 6.61 Å². The van der Waals surface area contributed by atoms with Crippen LogP contribution in [0.15, 0.2) is 54.6 Å². The maximum Gasteiger partial charge on any atom is 0.346 e. The van der Waals surface area contributed by atoms with Crippen LogP contribution in [0.25, 0.3) is 0 Å². The molecule has 2 rings (SSSR count). The molecule has 0 saturated heterocycles. The average Bonchev–Trinajstić information content (AvgIpc) is 2.71. The van der Waals surface area contributed by atoms with Crippen molar-refractivity contribution in [3.05, 3.63) is 71.3 Å². The van der Waals surface area contributed by atoms with Gasteiger partial charge in [-0.25, -0.2) is 0 Å². The summed E-state index contributed by atoms with van der Waals surface area (Å²) in [6, 6.07) is 14.2. The lowest BCUT2D eigenvalue weighted by Gasteiger charge is -2.25. The third-order valence-electron chi connectivity index (χ3n) is 4.71. The van der Waals surface area contributed by atoms with Crippen molar-refractivity contribution in [3.8, 4) is 0 Å². The van der Waals surface area contributed by atoms with Crippen LogP contribution in [0.1, 0.15) is 23.6 Å². The lowest BCUT2D eigenvalue weighted by atomic mass is 10.0. The number of rotatable bonds is 10. The molecule has 0 aliphatic heterocycles. The first-order valence-corrected chi connectivity index (χ1v) is 11.7. The van der Waals surface area contributed by atoms with Gasteiger partial charge in [0, 0.05) is 12.2 Å². The number of esters is 1. The predicted octanol–water partition coefficient (Wildman–Crippen LogP) is 4.90. The molecule has 0 saturated carbocycles. The van der Waals surface area contributed by atoms with E-state index in [1.54, 1.807) is 25.1 Å². The van der Waals surface area contributed by atoms with Gasteiger partial charge in [-0.15, -0.1) is 0 Å². The van der Waals surface area contributed by atoms with Gasteiger partial charge in [-0.3, -0.25) is 14.3 Å². The number of ether oxygens (including phenoxy) is 1. The molecule has 1 unspecified atom stereocenters. The molecule has 2 atom stereocenters. The van der Waals surface area contributed by atoms with Gasteiger partial charge >= 0.3 is 11.6 Å². The summed E-state index contributed by atoms with van der Waals surface area (Å²) in [6.07, 6.45) is 0.174. The van der Waals surface area contributed by atoms with E-state index in [-0.39, 0.29) is 19.6 Å². The van der Waals surface area contributed by atoms with Crippen molar-refractivity contribution in [1.82, 2.24) is 4.90 Å². The van der Waals surface area contributed by atoms with Gasteiger partial charge in [-0.05, 0) is 44.6 Å². The van der Waals surface area contributed by atoms with E-state index in [4.69, 9.17) is 9.26 Å². The van der Waals surface area contributed by atoms with Crippen LogP contribution in [-0.4, -0.2) is 44.3 Å². The van der Waals surface area contributed by atoms with Crippen molar-refractivity contribution in [2.45, 2.75) is 31.7 Å². The molecule has 0 heterocycles. The Hall–Kier alpha value is -2.08. The van der Waals surface area contributed by atoms with Crippen LogP contribution >= 0.6 is 7.37 Å². The largest absolute Gasteiger partial charge is 0.460 e. The number of likely N-dealkylation sites (N-methyl/N-ethyl adjacent to an activating group) is 1. The number of alkyl halides is 2. The summed E-state index contributed by atoms with van der Waals surface area (Å²) >= 11 is 0.